The zero-order chi connectivity index (χ0) is 13.7. The first-order chi connectivity index (χ1) is 8.47. The Morgan fingerprint density at radius 1 is 1.22 bits per heavy atom. The van der Waals surface area contributed by atoms with E-state index in [1.807, 2.05) is 0 Å². The molecule has 0 aliphatic heterocycles. The summed E-state index contributed by atoms with van der Waals surface area (Å²) in [7, 11) is 3.07. The number of aromatic hydroxyl groups is 3. The number of carbonyl (C=O) groups is 1. The van der Waals surface area contributed by atoms with Crippen molar-refractivity contribution in [2.45, 2.75) is 0 Å². The summed E-state index contributed by atoms with van der Waals surface area (Å²) in [4.78, 5) is 15.2. The third-order valence-electron chi connectivity index (χ3n) is 2.02. The highest BCUT2D eigenvalue weighted by molar-refractivity contribution is 6.02. The number of urea groups is 1. The minimum absolute atomic E-state index is 0.117. The zero-order valence-corrected chi connectivity index (χ0v) is 9.85. The van der Waals surface area contributed by atoms with E-state index in [1.165, 1.54) is 7.05 Å². The molecule has 8 nitrogen and oxygen atoms in total. The third kappa shape index (κ3) is 3.17. The van der Waals surface area contributed by atoms with Gasteiger partial charge in [0.25, 0.3) is 0 Å². The van der Waals surface area contributed by atoms with E-state index >= 15 is 0 Å². The Bertz CT molecular complexity index is 464. The van der Waals surface area contributed by atoms with Gasteiger partial charge in [0, 0.05) is 26.2 Å². The average Bonchev–Trinajstić information content (AvgIpc) is 2.32. The summed E-state index contributed by atoms with van der Waals surface area (Å²) in [6.07, 6.45) is 0. The number of nitrogens with zero attached hydrogens (tertiary/aromatic N) is 1. The van der Waals surface area contributed by atoms with Gasteiger partial charge in [0.15, 0.2) is 23.2 Å². The number of carbonyl (C=O) groups excluding carboxylic acids is 1. The number of aliphatic imine (C=N–C) groups is 1. The van der Waals surface area contributed by atoms with Crippen LogP contribution >= 0.6 is 0 Å². The molecule has 0 saturated heterocycles. The summed E-state index contributed by atoms with van der Waals surface area (Å²) in [6, 6.07) is 1.57. The average molecular weight is 254 g/mol. The van der Waals surface area contributed by atoms with Gasteiger partial charge in [-0.15, -0.1) is 0 Å². The molecule has 0 aromatic heterocycles. The lowest BCUT2D eigenvalue weighted by molar-refractivity contribution is 0.256. The maximum Gasteiger partial charge on any atom is 0.325 e. The molecule has 98 valence electrons. The first-order valence-electron chi connectivity index (χ1n) is 4.95. The quantitative estimate of drug-likeness (QED) is 0.184. The van der Waals surface area contributed by atoms with Gasteiger partial charge in [0.1, 0.15) is 0 Å². The molecule has 0 heterocycles. The molecule has 8 heteroatoms. The van der Waals surface area contributed by atoms with Crippen LogP contribution in [0.2, 0.25) is 0 Å². The number of amides is 2. The molecule has 1 rings (SSSR count). The van der Waals surface area contributed by atoms with E-state index in [0.717, 1.165) is 12.1 Å². The monoisotopic (exact) mass is 254 g/mol. The predicted octanol–water partition coefficient (Wildman–Crippen LogP) is 0.130. The second kappa shape index (κ2) is 5.62. The van der Waals surface area contributed by atoms with Crippen molar-refractivity contribution < 1.29 is 20.1 Å². The van der Waals surface area contributed by atoms with E-state index < -0.39 is 23.3 Å². The van der Waals surface area contributed by atoms with Gasteiger partial charge >= 0.3 is 6.03 Å². The first kappa shape index (κ1) is 13.4. The number of hydrogen-bond acceptors (Lipinski definition) is 5. The second-order valence-electron chi connectivity index (χ2n) is 3.26. The molecule has 2 amide bonds. The van der Waals surface area contributed by atoms with Gasteiger partial charge in [-0.1, -0.05) is 0 Å². The molecule has 0 radical (unpaired) electrons. The minimum atomic E-state index is -0.646. The molecule has 1 aromatic carbocycles. The summed E-state index contributed by atoms with van der Waals surface area (Å²) in [5.74, 6) is -1.47. The SMILES string of the molecule is CN=C(NC)NC(=O)Nc1cc(O)c(O)c(O)c1. The number of guanidine groups is 1. The molecular weight excluding hydrogens is 240 g/mol. The Kier molecular flexibility index (Phi) is 4.19. The van der Waals surface area contributed by atoms with Crippen LogP contribution in [0.25, 0.3) is 0 Å². The van der Waals surface area contributed by atoms with E-state index in [4.69, 9.17) is 5.11 Å². The lowest BCUT2D eigenvalue weighted by atomic mass is 10.2. The Morgan fingerprint density at radius 2 is 1.78 bits per heavy atom. The van der Waals surface area contributed by atoms with Crippen LogP contribution in [0.3, 0.4) is 0 Å². The van der Waals surface area contributed by atoms with Crippen LogP contribution in [-0.4, -0.2) is 41.4 Å². The smallest absolute Gasteiger partial charge is 0.325 e. The molecule has 18 heavy (non-hydrogen) atoms. The van der Waals surface area contributed by atoms with Gasteiger partial charge < -0.3 is 26.0 Å². The van der Waals surface area contributed by atoms with E-state index in [2.05, 4.69) is 20.9 Å². The number of nitrogens with one attached hydrogen (secondary N) is 3. The molecule has 0 atom stereocenters. The fourth-order valence-electron chi connectivity index (χ4n) is 1.18. The number of anilines is 1. The van der Waals surface area contributed by atoms with E-state index in [-0.39, 0.29) is 11.6 Å². The molecule has 0 spiro atoms. The molecule has 0 unspecified atom stereocenters. The normalized spacial score (nSPS) is 10.9. The Balaban J connectivity index is 2.77. The molecule has 0 aliphatic carbocycles. The van der Waals surface area contributed by atoms with Crippen LogP contribution in [0, 0.1) is 0 Å². The van der Waals surface area contributed by atoms with Gasteiger partial charge in [-0.3, -0.25) is 10.3 Å². The van der Waals surface area contributed by atoms with Gasteiger partial charge in [0.2, 0.25) is 0 Å². The zero-order valence-electron chi connectivity index (χ0n) is 9.85. The third-order valence-corrected chi connectivity index (χ3v) is 2.02. The summed E-state index contributed by atoms with van der Waals surface area (Å²) in [6.45, 7) is 0. The van der Waals surface area contributed by atoms with Gasteiger partial charge in [-0.05, 0) is 0 Å². The van der Waals surface area contributed by atoms with E-state index in [1.54, 1.807) is 7.05 Å². The van der Waals surface area contributed by atoms with Crippen molar-refractivity contribution in [1.29, 1.82) is 0 Å². The van der Waals surface area contributed by atoms with Gasteiger partial charge in [-0.25, -0.2) is 4.79 Å². The number of phenols is 3. The highest BCUT2D eigenvalue weighted by Gasteiger charge is 2.10. The second-order valence-corrected chi connectivity index (χ2v) is 3.26. The number of phenolic OH excluding ortho intramolecular Hbond substituents is 3. The highest BCUT2D eigenvalue weighted by Crippen LogP contribution is 2.37. The molecule has 0 bridgehead atoms. The molecular formula is C10H14N4O4. The number of rotatable bonds is 1. The summed E-state index contributed by atoms with van der Waals surface area (Å²) < 4.78 is 0. The van der Waals surface area contributed by atoms with Crippen molar-refractivity contribution in [3.63, 3.8) is 0 Å². The lowest BCUT2D eigenvalue weighted by Crippen LogP contribution is -2.41. The fraction of sp³-hybridized carbons (Fsp3) is 0.200. The number of benzene rings is 1. The number of hydrogen-bond donors (Lipinski definition) is 6. The van der Waals surface area contributed by atoms with Crippen molar-refractivity contribution in [3.05, 3.63) is 12.1 Å². The van der Waals surface area contributed by atoms with Gasteiger partial charge in [0.05, 0.1) is 5.69 Å². The van der Waals surface area contributed by atoms with Crippen molar-refractivity contribution in [2.24, 2.45) is 4.99 Å². The van der Waals surface area contributed by atoms with Crippen molar-refractivity contribution in [1.82, 2.24) is 10.6 Å². The maximum absolute atomic E-state index is 11.5. The first-order valence-corrected chi connectivity index (χ1v) is 4.95. The van der Waals surface area contributed by atoms with Crippen LogP contribution in [0.5, 0.6) is 17.2 Å². The van der Waals surface area contributed by atoms with E-state index in [0.29, 0.717) is 0 Å². The van der Waals surface area contributed by atoms with Crippen molar-refractivity contribution >= 4 is 17.7 Å². The summed E-state index contributed by atoms with van der Waals surface area (Å²) in [5, 5.41) is 35.0. The fourth-order valence-corrected chi connectivity index (χ4v) is 1.18. The van der Waals surface area contributed by atoms with Crippen molar-refractivity contribution in [2.75, 3.05) is 19.4 Å². The Morgan fingerprint density at radius 3 is 2.22 bits per heavy atom. The van der Waals surface area contributed by atoms with E-state index in [9.17, 15) is 15.0 Å². The van der Waals surface area contributed by atoms with Crippen LogP contribution < -0.4 is 16.0 Å². The van der Waals surface area contributed by atoms with Crippen LogP contribution in [-0.2, 0) is 0 Å². The van der Waals surface area contributed by atoms with Crippen molar-refractivity contribution in [3.8, 4) is 17.2 Å². The minimum Gasteiger partial charge on any atom is -0.504 e. The topological polar surface area (TPSA) is 126 Å². The predicted molar refractivity (Wildman–Crippen MR) is 66.0 cm³/mol. The standard InChI is InChI=1S/C10H14N4O4/c1-11-9(12-2)14-10(18)13-5-3-6(15)8(17)7(16)4-5/h3-4,15-17H,1-2H3,(H3,11,12,13,14,18). The van der Waals surface area contributed by atoms with Gasteiger partial charge in [-0.2, -0.15) is 0 Å². The molecule has 6 N–H and O–H groups in total. The maximum atomic E-state index is 11.5. The lowest BCUT2D eigenvalue weighted by Gasteiger charge is -2.10. The molecule has 0 fully saturated rings. The Hall–Kier alpha value is -2.64. The highest BCUT2D eigenvalue weighted by atomic mass is 16.3. The van der Waals surface area contributed by atoms with Crippen LogP contribution in [0.4, 0.5) is 10.5 Å². The van der Waals surface area contributed by atoms with Crippen LogP contribution in [0.15, 0.2) is 17.1 Å². The Labute approximate surface area is 103 Å². The summed E-state index contributed by atoms with van der Waals surface area (Å²) in [5.41, 5.74) is 0.117. The van der Waals surface area contributed by atoms with Crippen LogP contribution in [0.1, 0.15) is 0 Å². The molecule has 1 aromatic rings. The molecule has 0 aliphatic rings. The largest absolute Gasteiger partial charge is 0.504 e. The molecule has 0 saturated carbocycles. The summed E-state index contributed by atoms with van der Waals surface area (Å²) >= 11 is 0.